The number of hydrogen-bond donors (Lipinski definition) is 2. The van der Waals surface area contributed by atoms with Gasteiger partial charge in [-0.3, -0.25) is 4.99 Å². The van der Waals surface area contributed by atoms with Gasteiger partial charge in [0.1, 0.15) is 11.5 Å². The summed E-state index contributed by atoms with van der Waals surface area (Å²) in [7, 11) is -3.06. The van der Waals surface area contributed by atoms with E-state index in [1.807, 2.05) is 50.2 Å². The number of furan rings is 1. The first-order valence-electron chi connectivity index (χ1n) is 9.43. The number of benzene rings is 1. The average molecular weight is 408 g/mol. The highest BCUT2D eigenvalue weighted by atomic mass is 32.2. The molecule has 0 saturated heterocycles. The van der Waals surface area contributed by atoms with E-state index >= 15 is 0 Å². The molecule has 1 aromatic heterocycles. The van der Waals surface area contributed by atoms with E-state index in [2.05, 4.69) is 15.6 Å². The second kappa shape index (κ2) is 10.8. The molecule has 0 amide bonds. The monoisotopic (exact) mass is 407 g/mol. The number of ether oxygens (including phenoxy) is 1. The van der Waals surface area contributed by atoms with E-state index in [-0.39, 0.29) is 24.2 Å². The molecule has 0 aliphatic rings. The van der Waals surface area contributed by atoms with Gasteiger partial charge in [-0.25, -0.2) is 8.42 Å². The minimum atomic E-state index is -3.06. The summed E-state index contributed by atoms with van der Waals surface area (Å²) >= 11 is 0. The van der Waals surface area contributed by atoms with Crippen LogP contribution in [-0.4, -0.2) is 45.1 Å². The lowest BCUT2D eigenvalue weighted by Crippen LogP contribution is -2.33. The minimum Gasteiger partial charge on any atom is -0.491 e. The Balaban J connectivity index is 1.99. The van der Waals surface area contributed by atoms with Crippen molar-refractivity contribution in [2.75, 3.05) is 29.9 Å². The molecule has 8 heteroatoms. The summed E-state index contributed by atoms with van der Waals surface area (Å²) in [6.45, 7) is 6.39. The molecule has 0 fully saturated rings. The van der Waals surface area contributed by atoms with E-state index < -0.39 is 9.84 Å². The minimum absolute atomic E-state index is 0.0235. The van der Waals surface area contributed by atoms with E-state index in [1.54, 1.807) is 13.2 Å². The molecular formula is C20H29N3O4S. The van der Waals surface area contributed by atoms with Crippen molar-refractivity contribution < 1.29 is 17.6 Å². The molecule has 0 aliphatic carbocycles. The largest absolute Gasteiger partial charge is 0.491 e. The van der Waals surface area contributed by atoms with Gasteiger partial charge in [-0.1, -0.05) is 6.92 Å². The van der Waals surface area contributed by atoms with Crippen LogP contribution < -0.4 is 15.4 Å². The van der Waals surface area contributed by atoms with Gasteiger partial charge in [0, 0.05) is 24.4 Å². The fourth-order valence-electron chi connectivity index (χ4n) is 2.37. The van der Waals surface area contributed by atoms with Gasteiger partial charge < -0.3 is 19.8 Å². The smallest absolute Gasteiger partial charge is 0.195 e. The van der Waals surface area contributed by atoms with Crippen LogP contribution in [-0.2, 0) is 16.3 Å². The predicted molar refractivity (Wildman–Crippen MR) is 113 cm³/mol. The van der Waals surface area contributed by atoms with E-state index in [0.29, 0.717) is 18.9 Å². The van der Waals surface area contributed by atoms with Gasteiger partial charge >= 0.3 is 0 Å². The van der Waals surface area contributed by atoms with Crippen LogP contribution in [0.3, 0.4) is 0 Å². The fraction of sp³-hybridized carbons (Fsp3) is 0.450. The maximum absolute atomic E-state index is 11.7. The Morgan fingerprint density at radius 3 is 2.57 bits per heavy atom. The van der Waals surface area contributed by atoms with Gasteiger partial charge in [-0.2, -0.15) is 0 Å². The van der Waals surface area contributed by atoms with Crippen molar-refractivity contribution in [3.05, 3.63) is 48.4 Å². The summed E-state index contributed by atoms with van der Waals surface area (Å²) in [4.78, 5) is 4.40. The molecule has 2 rings (SSSR count). The van der Waals surface area contributed by atoms with Crippen LogP contribution in [0.2, 0.25) is 0 Å². The number of nitrogens with zero attached hydrogens (tertiary/aromatic N) is 1. The number of rotatable bonds is 10. The summed E-state index contributed by atoms with van der Waals surface area (Å²) in [6, 6.07) is 11.3. The number of aliphatic imine (C=N–C) groups is 1. The molecule has 0 aliphatic heterocycles. The van der Waals surface area contributed by atoms with Crippen LogP contribution >= 0.6 is 0 Å². The van der Waals surface area contributed by atoms with Gasteiger partial charge in [0.05, 0.1) is 24.7 Å². The Labute approximate surface area is 167 Å². The van der Waals surface area contributed by atoms with Crippen LogP contribution in [0.5, 0.6) is 5.75 Å². The normalized spacial score (nSPS) is 12.2. The fourth-order valence-corrected chi connectivity index (χ4v) is 3.02. The van der Waals surface area contributed by atoms with Crippen molar-refractivity contribution in [2.45, 2.75) is 33.3 Å². The summed E-state index contributed by atoms with van der Waals surface area (Å²) in [5, 5.41) is 6.41. The topological polar surface area (TPSA) is 92.9 Å². The summed E-state index contributed by atoms with van der Waals surface area (Å²) < 4.78 is 34.4. The lowest BCUT2D eigenvalue weighted by atomic mass is 10.3. The first-order valence-corrected chi connectivity index (χ1v) is 11.2. The predicted octanol–water partition coefficient (Wildman–Crippen LogP) is 3.10. The van der Waals surface area contributed by atoms with Gasteiger partial charge in [-0.05, 0) is 50.2 Å². The second-order valence-electron chi connectivity index (χ2n) is 6.54. The molecule has 7 nitrogen and oxygen atoms in total. The van der Waals surface area contributed by atoms with E-state index in [4.69, 9.17) is 9.15 Å². The number of nitrogens with one attached hydrogen (secondary N) is 2. The third kappa shape index (κ3) is 8.04. The molecule has 1 aromatic carbocycles. The third-order valence-corrected chi connectivity index (χ3v) is 5.53. The third-order valence-electron chi connectivity index (χ3n) is 3.84. The van der Waals surface area contributed by atoms with Crippen molar-refractivity contribution in [3.63, 3.8) is 0 Å². The lowest BCUT2D eigenvalue weighted by Gasteiger charge is -2.14. The zero-order chi connectivity index (χ0) is 20.4. The van der Waals surface area contributed by atoms with Crippen molar-refractivity contribution >= 4 is 21.5 Å². The zero-order valence-corrected chi connectivity index (χ0v) is 17.5. The van der Waals surface area contributed by atoms with E-state index in [1.165, 1.54) is 0 Å². The summed E-state index contributed by atoms with van der Waals surface area (Å²) in [5.41, 5.74) is 0.832. The Bertz CT molecular complexity index is 829. The standard InChI is InChI=1S/C20H29N3O4S/c1-4-28(24,25)15-13-22-20(21-12-11-18-6-5-14-26-18)23-17-7-9-19(10-8-17)27-16(2)3/h5-10,14,16H,4,11-13,15H2,1-3H3,(H2,21,22,23). The molecule has 28 heavy (non-hydrogen) atoms. The Kier molecular flexibility index (Phi) is 8.38. The molecule has 0 spiro atoms. The van der Waals surface area contributed by atoms with E-state index in [0.717, 1.165) is 17.2 Å². The maximum atomic E-state index is 11.7. The molecule has 1 heterocycles. The van der Waals surface area contributed by atoms with Crippen LogP contribution in [0.15, 0.2) is 52.1 Å². The van der Waals surface area contributed by atoms with Crippen LogP contribution in [0.1, 0.15) is 26.5 Å². The highest BCUT2D eigenvalue weighted by Gasteiger charge is 2.08. The molecule has 0 radical (unpaired) electrons. The van der Waals surface area contributed by atoms with Crippen molar-refractivity contribution in [1.82, 2.24) is 5.32 Å². The zero-order valence-electron chi connectivity index (χ0n) is 16.6. The first kappa shape index (κ1) is 21.8. The maximum Gasteiger partial charge on any atom is 0.195 e. The van der Waals surface area contributed by atoms with Crippen LogP contribution in [0.4, 0.5) is 5.69 Å². The molecule has 0 atom stereocenters. The van der Waals surface area contributed by atoms with Gasteiger partial charge in [0.2, 0.25) is 0 Å². The quantitative estimate of drug-likeness (QED) is 0.464. The van der Waals surface area contributed by atoms with Crippen molar-refractivity contribution in [1.29, 1.82) is 0 Å². The van der Waals surface area contributed by atoms with Crippen molar-refractivity contribution in [3.8, 4) is 5.75 Å². The first-order chi connectivity index (χ1) is 13.4. The highest BCUT2D eigenvalue weighted by Crippen LogP contribution is 2.16. The molecule has 2 N–H and O–H groups in total. The number of anilines is 1. The van der Waals surface area contributed by atoms with Crippen LogP contribution in [0.25, 0.3) is 0 Å². The SMILES string of the molecule is CCS(=O)(=O)CCN=C(NCCc1ccco1)Nc1ccc(OC(C)C)cc1. The molecular weight excluding hydrogens is 378 g/mol. The molecule has 0 bridgehead atoms. The number of sulfone groups is 1. The Hall–Kier alpha value is -2.48. The molecule has 2 aromatic rings. The van der Waals surface area contributed by atoms with Crippen molar-refractivity contribution in [2.24, 2.45) is 4.99 Å². The molecule has 0 saturated carbocycles. The Morgan fingerprint density at radius 1 is 1.21 bits per heavy atom. The van der Waals surface area contributed by atoms with Gasteiger partial charge in [-0.15, -0.1) is 0 Å². The molecule has 0 unspecified atom stereocenters. The van der Waals surface area contributed by atoms with Gasteiger partial charge in [0.15, 0.2) is 15.8 Å². The second-order valence-corrected chi connectivity index (χ2v) is 9.01. The number of guanidine groups is 1. The van der Waals surface area contributed by atoms with Gasteiger partial charge in [0.25, 0.3) is 0 Å². The average Bonchev–Trinajstić information content (AvgIpc) is 3.16. The Morgan fingerprint density at radius 2 is 1.96 bits per heavy atom. The van der Waals surface area contributed by atoms with Crippen LogP contribution in [0, 0.1) is 0 Å². The molecule has 154 valence electrons. The summed E-state index contributed by atoms with van der Waals surface area (Å²) in [5.74, 6) is 2.33. The number of hydrogen-bond acceptors (Lipinski definition) is 5. The summed E-state index contributed by atoms with van der Waals surface area (Å²) in [6.07, 6.45) is 2.45. The highest BCUT2D eigenvalue weighted by molar-refractivity contribution is 7.91. The van der Waals surface area contributed by atoms with E-state index in [9.17, 15) is 8.42 Å². The lowest BCUT2D eigenvalue weighted by molar-refractivity contribution is 0.242.